The first-order chi connectivity index (χ1) is 6.15. The SMILES string of the molecule is CNC(=O)C1CC2(COC(=O)N2)C1. The van der Waals surface area contributed by atoms with Crippen LogP contribution in [-0.4, -0.2) is 31.2 Å². The van der Waals surface area contributed by atoms with Crippen molar-refractivity contribution >= 4 is 12.0 Å². The van der Waals surface area contributed by atoms with Crippen molar-refractivity contribution in [2.75, 3.05) is 13.7 Å². The summed E-state index contributed by atoms with van der Waals surface area (Å²) >= 11 is 0. The van der Waals surface area contributed by atoms with Crippen LogP contribution in [0.15, 0.2) is 0 Å². The molecule has 1 aliphatic carbocycles. The summed E-state index contributed by atoms with van der Waals surface area (Å²) in [6.45, 7) is 0.402. The van der Waals surface area contributed by atoms with Gasteiger partial charge in [-0.25, -0.2) is 4.79 Å². The molecule has 0 radical (unpaired) electrons. The molecule has 2 fully saturated rings. The monoisotopic (exact) mass is 184 g/mol. The van der Waals surface area contributed by atoms with E-state index in [4.69, 9.17) is 4.74 Å². The lowest BCUT2D eigenvalue weighted by atomic mass is 9.68. The van der Waals surface area contributed by atoms with E-state index in [1.807, 2.05) is 0 Å². The number of rotatable bonds is 1. The minimum atomic E-state index is -0.365. The maximum Gasteiger partial charge on any atom is 0.407 e. The first-order valence-electron chi connectivity index (χ1n) is 4.32. The van der Waals surface area contributed by atoms with Crippen molar-refractivity contribution in [1.29, 1.82) is 0 Å². The smallest absolute Gasteiger partial charge is 0.407 e. The lowest BCUT2D eigenvalue weighted by molar-refractivity contribution is -0.129. The average molecular weight is 184 g/mol. The Balaban J connectivity index is 1.90. The number of carbonyl (C=O) groups is 2. The van der Waals surface area contributed by atoms with E-state index in [-0.39, 0.29) is 23.5 Å². The number of ether oxygens (including phenoxy) is 1. The standard InChI is InChI=1S/C8H12N2O3/c1-9-6(11)5-2-8(3-5)4-13-7(12)10-8/h5H,2-4H2,1H3,(H,9,11)(H,10,12). The minimum Gasteiger partial charge on any atom is -0.447 e. The molecule has 5 heteroatoms. The molecule has 0 aromatic carbocycles. The summed E-state index contributed by atoms with van der Waals surface area (Å²) in [6.07, 6.45) is 1.02. The third-order valence-electron chi connectivity index (χ3n) is 2.74. The molecule has 2 rings (SSSR count). The molecule has 1 heterocycles. The quantitative estimate of drug-likeness (QED) is 0.583. The number of cyclic esters (lactones) is 1. The fourth-order valence-corrected chi connectivity index (χ4v) is 1.99. The molecular weight excluding hydrogens is 172 g/mol. The molecule has 2 N–H and O–H groups in total. The molecule has 1 saturated carbocycles. The molecule has 5 nitrogen and oxygen atoms in total. The largest absolute Gasteiger partial charge is 0.447 e. The van der Waals surface area contributed by atoms with Crippen LogP contribution in [0.25, 0.3) is 0 Å². The van der Waals surface area contributed by atoms with Crippen LogP contribution in [0, 0.1) is 5.92 Å². The van der Waals surface area contributed by atoms with E-state index in [0.717, 1.165) is 0 Å². The second-order valence-electron chi connectivity index (χ2n) is 3.70. The van der Waals surface area contributed by atoms with Crippen LogP contribution in [0.5, 0.6) is 0 Å². The normalized spacial score (nSPS) is 36.4. The Hall–Kier alpha value is -1.26. The first kappa shape index (κ1) is 8.34. The molecule has 72 valence electrons. The van der Waals surface area contributed by atoms with Gasteiger partial charge in [-0.15, -0.1) is 0 Å². The summed E-state index contributed by atoms with van der Waals surface area (Å²) in [5, 5.41) is 5.33. The summed E-state index contributed by atoms with van der Waals surface area (Å²) in [5.74, 6) is 0.0822. The Labute approximate surface area is 75.8 Å². The summed E-state index contributed by atoms with van der Waals surface area (Å²) in [5.41, 5.74) is -0.242. The molecule has 0 atom stereocenters. The highest BCUT2D eigenvalue weighted by Gasteiger charge is 2.52. The van der Waals surface area contributed by atoms with Crippen LogP contribution in [0.4, 0.5) is 4.79 Å². The zero-order valence-electron chi connectivity index (χ0n) is 7.42. The Morgan fingerprint density at radius 1 is 1.69 bits per heavy atom. The van der Waals surface area contributed by atoms with Crippen molar-refractivity contribution in [1.82, 2.24) is 10.6 Å². The van der Waals surface area contributed by atoms with Crippen molar-refractivity contribution < 1.29 is 14.3 Å². The Kier molecular flexibility index (Phi) is 1.68. The van der Waals surface area contributed by atoms with Crippen LogP contribution in [0.3, 0.4) is 0 Å². The van der Waals surface area contributed by atoms with Gasteiger partial charge in [0.05, 0.1) is 5.54 Å². The van der Waals surface area contributed by atoms with Crippen molar-refractivity contribution in [3.05, 3.63) is 0 Å². The summed E-state index contributed by atoms with van der Waals surface area (Å²) in [6, 6.07) is 0. The molecule has 0 unspecified atom stereocenters. The van der Waals surface area contributed by atoms with Gasteiger partial charge in [-0.1, -0.05) is 0 Å². The van der Waals surface area contributed by atoms with E-state index in [9.17, 15) is 9.59 Å². The van der Waals surface area contributed by atoms with Crippen LogP contribution in [-0.2, 0) is 9.53 Å². The highest BCUT2D eigenvalue weighted by Crippen LogP contribution is 2.40. The molecule has 13 heavy (non-hydrogen) atoms. The number of amides is 2. The Morgan fingerprint density at radius 3 is 2.85 bits per heavy atom. The van der Waals surface area contributed by atoms with E-state index < -0.39 is 0 Å². The van der Waals surface area contributed by atoms with Gasteiger partial charge < -0.3 is 15.4 Å². The molecule has 0 bridgehead atoms. The number of hydrogen-bond donors (Lipinski definition) is 2. The first-order valence-corrected chi connectivity index (χ1v) is 4.32. The predicted molar refractivity (Wildman–Crippen MR) is 44.0 cm³/mol. The molecule has 1 saturated heterocycles. The van der Waals surface area contributed by atoms with Gasteiger partial charge in [0, 0.05) is 13.0 Å². The van der Waals surface area contributed by atoms with E-state index in [1.165, 1.54) is 0 Å². The van der Waals surface area contributed by atoms with Gasteiger partial charge in [0.1, 0.15) is 6.61 Å². The zero-order chi connectivity index (χ0) is 9.47. The van der Waals surface area contributed by atoms with Gasteiger partial charge >= 0.3 is 6.09 Å². The van der Waals surface area contributed by atoms with Crippen molar-refractivity contribution in [2.24, 2.45) is 5.92 Å². The highest BCUT2D eigenvalue weighted by atomic mass is 16.6. The molecule has 1 spiro atoms. The average Bonchev–Trinajstić information content (AvgIpc) is 2.43. The second-order valence-corrected chi connectivity index (χ2v) is 3.70. The molecule has 0 aromatic rings. The second kappa shape index (κ2) is 2.61. The van der Waals surface area contributed by atoms with E-state index in [0.29, 0.717) is 19.4 Å². The van der Waals surface area contributed by atoms with Crippen molar-refractivity contribution in [3.8, 4) is 0 Å². The Bertz CT molecular complexity index is 258. The topological polar surface area (TPSA) is 67.4 Å². The van der Waals surface area contributed by atoms with Crippen LogP contribution in [0.2, 0.25) is 0 Å². The lowest BCUT2D eigenvalue weighted by Crippen LogP contribution is -2.57. The number of nitrogens with one attached hydrogen (secondary N) is 2. The Morgan fingerprint density at radius 2 is 2.38 bits per heavy atom. The lowest BCUT2D eigenvalue weighted by Gasteiger charge is -2.41. The molecule has 2 aliphatic rings. The van der Waals surface area contributed by atoms with Crippen LogP contribution < -0.4 is 10.6 Å². The highest BCUT2D eigenvalue weighted by molar-refractivity contribution is 5.81. The number of carbonyl (C=O) groups excluding carboxylic acids is 2. The van der Waals surface area contributed by atoms with E-state index >= 15 is 0 Å². The fourth-order valence-electron chi connectivity index (χ4n) is 1.99. The van der Waals surface area contributed by atoms with Crippen LogP contribution >= 0.6 is 0 Å². The maximum atomic E-state index is 11.2. The predicted octanol–water partition coefficient (Wildman–Crippen LogP) is -0.379. The van der Waals surface area contributed by atoms with E-state index in [2.05, 4.69) is 10.6 Å². The summed E-state index contributed by atoms with van der Waals surface area (Å²) in [4.78, 5) is 21.9. The molecule has 2 amide bonds. The zero-order valence-corrected chi connectivity index (χ0v) is 7.42. The van der Waals surface area contributed by atoms with Gasteiger partial charge in [0.25, 0.3) is 0 Å². The van der Waals surface area contributed by atoms with E-state index in [1.54, 1.807) is 7.05 Å². The number of alkyl carbamates (subject to hydrolysis) is 1. The molecule has 1 aliphatic heterocycles. The van der Waals surface area contributed by atoms with Crippen LogP contribution in [0.1, 0.15) is 12.8 Å². The summed E-state index contributed by atoms with van der Waals surface area (Å²) < 4.78 is 4.79. The third kappa shape index (κ3) is 1.24. The molecule has 0 aromatic heterocycles. The minimum absolute atomic E-state index is 0.0343. The summed E-state index contributed by atoms with van der Waals surface area (Å²) in [7, 11) is 1.62. The van der Waals surface area contributed by atoms with Gasteiger partial charge in [0.2, 0.25) is 5.91 Å². The fraction of sp³-hybridized carbons (Fsp3) is 0.750. The van der Waals surface area contributed by atoms with Gasteiger partial charge in [0.15, 0.2) is 0 Å². The van der Waals surface area contributed by atoms with Gasteiger partial charge in [-0.2, -0.15) is 0 Å². The van der Waals surface area contributed by atoms with Crippen molar-refractivity contribution in [3.63, 3.8) is 0 Å². The number of hydrogen-bond acceptors (Lipinski definition) is 3. The van der Waals surface area contributed by atoms with Gasteiger partial charge in [-0.3, -0.25) is 4.79 Å². The van der Waals surface area contributed by atoms with Gasteiger partial charge in [-0.05, 0) is 12.8 Å². The third-order valence-corrected chi connectivity index (χ3v) is 2.74. The molecular formula is C8H12N2O3. The van der Waals surface area contributed by atoms with Crippen molar-refractivity contribution in [2.45, 2.75) is 18.4 Å². The maximum absolute atomic E-state index is 11.2.